The van der Waals surface area contributed by atoms with Crippen molar-refractivity contribution >= 4 is 12.6 Å². The SMILES string of the molecule is CCOc1cccc(B2OC(C)(C)C(C)(C)O2)c1F. The summed E-state index contributed by atoms with van der Waals surface area (Å²) in [6.45, 7) is 10.0. The number of rotatable bonds is 3. The van der Waals surface area contributed by atoms with E-state index >= 15 is 0 Å². The number of ether oxygens (including phenoxy) is 1. The molecular formula is C14H20BFO3. The fourth-order valence-corrected chi connectivity index (χ4v) is 1.95. The Balaban J connectivity index is 2.32. The zero-order valence-electron chi connectivity index (χ0n) is 12.1. The predicted molar refractivity (Wildman–Crippen MR) is 73.3 cm³/mol. The summed E-state index contributed by atoms with van der Waals surface area (Å²) in [6.07, 6.45) is 0. The molecule has 0 atom stereocenters. The standard InChI is InChI=1S/C14H20BFO3/c1-6-17-11-9-7-8-10(12(11)16)15-18-13(2,3)14(4,5)19-15/h7-9H,6H2,1-5H3. The zero-order valence-corrected chi connectivity index (χ0v) is 12.1. The fourth-order valence-electron chi connectivity index (χ4n) is 1.95. The summed E-state index contributed by atoms with van der Waals surface area (Å²) in [5.41, 5.74) is -0.582. The van der Waals surface area contributed by atoms with Crippen LogP contribution in [-0.2, 0) is 9.31 Å². The van der Waals surface area contributed by atoms with Crippen LogP contribution in [-0.4, -0.2) is 24.9 Å². The molecule has 104 valence electrons. The van der Waals surface area contributed by atoms with Gasteiger partial charge in [-0.1, -0.05) is 12.1 Å². The summed E-state index contributed by atoms with van der Waals surface area (Å²) < 4.78 is 31.3. The van der Waals surface area contributed by atoms with E-state index in [1.54, 1.807) is 18.2 Å². The maximum atomic E-state index is 14.3. The Morgan fingerprint density at radius 2 is 1.74 bits per heavy atom. The topological polar surface area (TPSA) is 27.7 Å². The Hall–Kier alpha value is -1.07. The van der Waals surface area contributed by atoms with Crippen LogP contribution in [0.1, 0.15) is 34.6 Å². The lowest BCUT2D eigenvalue weighted by Crippen LogP contribution is -2.41. The van der Waals surface area contributed by atoms with Crippen molar-refractivity contribution in [3.8, 4) is 5.75 Å². The van der Waals surface area contributed by atoms with Crippen molar-refractivity contribution in [1.29, 1.82) is 0 Å². The molecular weight excluding hydrogens is 246 g/mol. The second-order valence-electron chi connectivity index (χ2n) is 5.68. The van der Waals surface area contributed by atoms with E-state index in [1.807, 2.05) is 34.6 Å². The number of benzene rings is 1. The number of hydrogen-bond acceptors (Lipinski definition) is 3. The first kappa shape index (κ1) is 14.3. The van der Waals surface area contributed by atoms with Crippen molar-refractivity contribution in [2.75, 3.05) is 6.61 Å². The van der Waals surface area contributed by atoms with E-state index in [4.69, 9.17) is 14.0 Å². The lowest BCUT2D eigenvalue weighted by molar-refractivity contribution is 0.00578. The molecule has 0 unspecified atom stereocenters. The molecule has 1 aliphatic heterocycles. The molecule has 0 amide bonds. The lowest BCUT2D eigenvalue weighted by atomic mass is 9.78. The van der Waals surface area contributed by atoms with Gasteiger partial charge in [0.05, 0.1) is 17.8 Å². The van der Waals surface area contributed by atoms with E-state index in [0.29, 0.717) is 12.1 Å². The fraction of sp³-hybridized carbons (Fsp3) is 0.571. The third kappa shape index (κ3) is 2.49. The molecule has 1 aliphatic rings. The van der Waals surface area contributed by atoms with Gasteiger partial charge >= 0.3 is 7.12 Å². The van der Waals surface area contributed by atoms with Gasteiger partial charge < -0.3 is 14.0 Å². The summed E-state index contributed by atoms with van der Waals surface area (Å²) in [5.74, 6) is -0.183. The molecule has 1 aromatic carbocycles. The molecule has 0 N–H and O–H groups in total. The first-order valence-electron chi connectivity index (χ1n) is 6.55. The molecule has 0 aliphatic carbocycles. The molecule has 5 heteroatoms. The highest BCUT2D eigenvalue weighted by molar-refractivity contribution is 6.62. The number of halogens is 1. The van der Waals surface area contributed by atoms with Crippen LogP contribution in [0.5, 0.6) is 5.75 Å². The van der Waals surface area contributed by atoms with Crippen LogP contribution in [0.25, 0.3) is 0 Å². The molecule has 2 rings (SSSR count). The first-order valence-corrected chi connectivity index (χ1v) is 6.55. The van der Waals surface area contributed by atoms with E-state index in [-0.39, 0.29) is 5.75 Å². The van der Waals surface area contributed by atoms with Gasteiger partial charge in [-0.3, -0.25) is 0 Å². The minimum Gasteiger partial charge on any atom is -0.491 e. The lowest BCUT2D eigenvalue weighted by Gasteiger charge is -2.32. The minimum absolute atomic E-state index is 0.231. The van der Waals surface area contributed by atoms with Gasteiger partial charge in [0.2, 0.25) is 0 Å². The highest BCUT2D eigenvalue weighted by Crippen LogP contribution is 2.36. The summed E-state index contributed by atoms with van der Waals surface area (Å²) in [7, 11) is -0.703. The number of hydrogen-bond donors (Lipinski definition) is 0. The van der Waals surface area contributed by atoms with Crippen LogP contribution in [0, 0.1) is 5.82 Å². The molecule has 0 bridgehead atoms. The van der Waals surface area contributed by atoms with Crippen LogP contribution >= 0.6 is 0 Å². The van der Waals surface area contributed by atoms with E-state index in [9.17, 15) is 4.39 Å². The van der Waals surface area contributed by atoms with Crippen molar-refractivity contribution in [2.24, 2.45) is 0 Å². The van der Waals surface area contributed by atoms with Crippen LogP contribution in [0.3, 0.4) is 0 Å². The first-order chi connectivity index (χ1) is 8.78. The largest absolute Gasteiger partial charge is 0.497 e. The maximum Gasteiger partial charge on any atom is 0.497 e. The van der Waals surface area contributed by atoms with Gasteiger partial charge in [0, 0.05) is 5.46 Å². The summed E-state index contributed by atoms with van der Waals surface area (Å²) >= 11 is 0. The maximum absolute atomic E-state index is 14.3. The molecule has 19 heavy (non-hydrogen) atoms. The molecule has 1 aromatic rings. The zero-order chi connectivity index (χ0) is 14.3. The molecule has 1 fully saturated rings. The Labute approximate surface area is 114 Å². The Kier molecular flexibility index (Phi) is 3.62. The van der Waals surface area contributed by atoms with Crippen LogP contribution in [0.15, 0.2) is 18.2 Å². The average Bonchev–Trinajstić information content (AvgIpc) is 2.51. The van der Waals surface area contributed by atoms with Crippen molar-refractivity contribution in [3.63, 3.8) is 0 Å². The van der Waals surface area contributed by atoms with Gasteiger partial charge in [0.25, 0.3) is 0 Å². The molecule has 1 saturated heterocycles. The Morgan fingerprint density at radius 1 is 1.16 bits per heavy atom. The monoisotopic (exact) mass is 266 g/mol. The average molecular weight is 266 g/mol. The van der Waals surface area contributed by atoms with E-state index in [1.165, 1.54) is 0 Å². The molecule has 0 saturated carbocycles. The van der Waals surface area contributed by atoms with Crippen molar-refractivity contribution < 1.29 is 18.4 Å². The third-order valence-electron chi connectivity index (χ3n) is 3.80. The van der Waals surface area contributed by atoms with Gasteiger partial charge in [0.1, 0.15) is 0 Å². The van der Waals surface area contributed by atoms with Gasteiger partial charge in [-0.05, 0) is 40.7 Å². The molecule has 3 nitrogen and oxygen atoms in total. The van der Waals surface area contributed by atoms with Gasteiger partial charge in [-0.2, -0.15) is 0 Å². The highest BCUT2D eigenvalue weighted by atomic mass is 19.1. The predicted octanol–water partition coefficient (Wildman–Crippen LogP) is 2.52. The molecule has 1 heterocycles. The van der Waals surface area contributed by atoms with Crippen molar-refractivity contribution in [1.82, 2.24) is 0 Å². The molecule has 0 aromatic heterocycles. The van der Waals surface area contributed by atoms with Crippen molar-refractivity contribution in [3.05, 3.63) is 24.0 Å². The van der Waals surface area contributed by atoms with E-state index < -0.39 is 24.1 Å². The summed E-state index contributed by atoms with van der Waals surface area (Å²) in [4.78, 5) is 0. The Bertz CT molecular complexity index is 458. The van der Waals surface area contributed by atoms with E-state index in [0.717, 1.165) is 0 Å². The highest BCUT2D eigenvalue weighted by Gasteiger charge is 2.52. The van der Waals surface area contributed by atoms with Gasteiger partial charge in [-0.25, -0.2) is 4.39 Å². The quantitative estimate of drug-likeness (QED) is 0.787. The van der Waals surface area contributed by atoms with Gasteiger partial charge in [-0.15, -0.1) is 0 Å². The molecule has 0 spiro atoms. The van der Waals surface area contributed by atoms with Crippen LogP contribution < -0.4 is 10.2 Å². The van der Waals surface area contributed by atoms with Crippen molar-refractivity contribution in [2.45, 2.75) is 45.8 Å². The van der Waals surface area contributed by atoms with Crippen LogP contribution in [0.2, 0.25) is 0 Å². The Morgan fingerprint density at radius 3 is 2.26 bits per heavy atom. The summed E-state index contributed by atoms with van der Waals surface area (Å²) in [6, 6.07) is 5.02. The molecule has 0 radical (unpaired) electrons. The van der Waals surface area contributed by atoms with Crippen LogP contribution in [0.4, 0.5) is 4.39 Å². The minimum atomic E-state index is -0.703. The summed E-state index contributed by atoms with van der Waals surface area (Å²) in [5, 5.41) is 0. The second kappa shape index (κ2) is 4.80. The normalized spacial score (nSPS) is 20.6. The second-order valence-corrected chi connectivity index (χ2v) is 5.68. The third-order valence-corrected chi connectivity index (χ3v) is 3.80. The smallest absolute Gasteiger partial charge is 0.491 e. The van der Waals surface area contributed by atoms with Gasteiger partial charge in [0.15, 0.2) is 11.6 Å². The van der Waals surface area contributed by atoms with E-state index in [2.05, 4.69) is 0 Å².